The van der Waals surface area contributed by atoms with Crippen LogP contribution >= 0.6 is 11.6 Å². The molecule has 0 aliphatic rings. The normalized spacial score (nSPS) is 10.3. The van der Waals surface area contributed by atoms with E-state index in [0.717, 1.165) is 5.75 Å². The smallest absolute Gasteiger partial charge is 0.303 e. The molecule has 0 aliphatic heterocycles. The number of methoxy groups -OCH3 is 1. The monoisotopic (exact) mass is 252 g/mol. The van der Waals surface area contributed by atoms with Crippen molar-refractivity contribution in [2.75, 3.05) is 7.11 Å². The van der Waals surface area contributed by atoms with Crippen molar-refractivity contribution in [1.82, 2.24) is 9.55 Å². The Kier molecular flexibility index (Phi) is 3.54. The van der Waals surface area contributed by atoms with Gasteiger partial charge in [-0.25, -0.2) is 4.98 Å². The zero-order valence-electron chi connectivity index (χ0n) is 9.68. The summed E-state index contributed by atoms with van der Waals surface area (Å²) in [6.45, 7) is 2.69. The zero-order valence-corrected chi connectivity index (χ0v) is 10.4. The van der Waals surface area contributed by atoms with Crippen molar-refractivity contribution in [3.8, 4) is 17.5 Å². The fourth-order valence-electron chi connectivity index (χ4n) is 1.46. The molecule has 0 unspecified atom stereocenters. The number of imidazole rings is 1. The van der Waals surface area contributed by atoms with Gasteiger partial charge in [-0.15, -0.1) is 0 Å². The molecule has 0 saturated heterocycles. The molecule has 0 fully saturated rings. The molecule has 17 heavy (non-hydrogen) atoms. The van der Waals surface area contributed by atoms with Crippen LogP contribution in [0, 0.1) is 0 Å². The van der Waals surface area contributed by atoms with Crippen molar-refractivity contribution in [1.29, 1.82) is 0 Å². The van der Waals surface area contributed by atoms with E-state index in [1.54, 1.807) is 17.9 Å². The molecule has 0 radical (unpaired) electrons. The summed E-state index contributed by atoms with van der Waals surface area (Å²) in [5, 5.41) is 0.566. The Hall–Kier alpha value is -1.68. The first-order valence-corrected chi connectivity index (χ1v) is 5.65. The molecule has 0 aliphatic carbocycles. The minimum Gasteiger partial charge on any atom is -0.497 e. The lowest BCUT2D eigenvalue weighted by molar-refractivity contribution is 0.404. The average molecular weight is 253 g/mol. The summed E-state index contributed by atoms with van der Waals surface area (Å²) in [5.41, 5.74) is 0. The molecule has 0 amide bonds. The summed E-state index contributed by atoms with van der Waals surface area (Å²) in [6, 6.07) is 7.79. The van der Waals surface area contributed by atoms with Gasteiger partial charge in [-0.2, -0.15) is 0 Å². The maximum Gasteiger partial charge on any atom is 0.303 e. The number of benzene rings is 1. The predicted octanol–water partition coefficient (Wildman–Crippen LogP) is 3.36. The molecule has 0 bridgehead atoms. The van der Waals surface area contributed by atoms with Gasteiger partial charge in [0, 0.05) is 6.54 Å². The first-order chi connectivity index (χ1) is 8.24. The lowest BCUT2D eigenvalue weighted by atomic mass is 10.3. The number of halogens is 1. The van der Waals surface area contributed by atoms with Gasteiger partial charge in [0.25, 0.3) is 0 Å². The van der Waals surface area contributed by atoms with Crippen LogP contribution in [0.3, 0.4) is 0 Å². The van der Waals surface area contributed by atoms with E-state index in [2.05, 4.69) is 4.98 Å². The van der Waals surface area contributed by atoms with E-state index >= 15 is 0 Å². The van der Waals surface area contributed by atoms with Gasteiger partial charge < -0.3 is 9.47 Å². The number of ether oxygens (including phenoxy) is 2. The van der Waals surface area contributed by atoms with Gasteiger partial charge >= 0.3 is 6.01 Å². The lowest BCUT2D eigenvalue weighted by Gasteiger charge is -2.07. The van der Waals surface area contributed by atoms with Crippen LogP contribution in [-0.2, 0) is 6.54 Å². The lowest BCUT2D eigenvalue weighted by Crippen LogP contribution is -1.98. The van der Waals surface area contributed by atoms with Crippen LogP contribution < -0.4 is 9.47 Å². The van der Waals surface area contributed by atoms with Crippen molar-refractivity contribution in [2.24, 2.45) is 0 Å². The van der Waals surface area contributed by atoms with E-state index in [4.69, 9.17) is 21.1 Å². The largest absolute Gasteiger partial charge is 0.497 e. The average Bonchev–Trinajstić information content (AvgIpc) is 2.71. The first kappa shape index (κ1) is 11.8. The third-order valence-electron chi connectivity index (χ3n) is 2.36. The van der Waals surface area contributed by atoms with E-state index in [1.165, 1.54) is 0 Å². The quantitative estimate of drug-likeness (QED) is 0.837. The minimum absolute atomic E-state index is 0.489. The predicted molar refractivity (Wildman–Crippen MR) is 66.0 cm³/mol. The maximum atomic E-state index is 5.96. The maximum absolute atomic E-state index is 5.96. The second kappa shape index (κ2) is 5.10. The highest BCUT2D eigenvalue weighted by Gasteiger charge is 2.08. The van der Waals surface area contributed by atoms with Gasteiger partial charge in [-0.1, -0.05) is 11.6 Å². The molecule has 1 aromatic heterocycles. The Morgan fingerprint density at radius 2 is 1.88 bits per heavy atom. The van der Waals surface area contributed by atoms with Crippen molar-refractivity contribution < 1.29 is 9.47 Å². The summed E-state index contributed by atoms with van der Waals surface area (Å²) >= 11 is 5.96. The van der Waals surface area contributed by atoms with Crippen LogP contribution in [0.25, 0.3) is 0 Å². The molecule has 5 heteroatoms. The van der Waals surface area contributed by atoms with E-state index < -0.39 is 0 Å². The Bertz CT molecular complexity index is 494. The Labute approximate surface area is 105 Å². The van der Waals surface area contributed by atoms with E-state index in [1.807, 2.05) is 31.2 Å². The molecular weight excluding hydrogens is 240 g/mol. The van der Waals surface area contributed by atoms with E-state index in [0.29, 0.717) is 23.5 Å². The van der Waals surface area contributed by atoms with Crippen LogP contribution in [0.2, 0.25) is 5.15 Å². The highest BCUT2D eigenvalue weighted by molar-refractivity contribution is 6.29. The van der Waals surface area contributed by atoms with Crippen LogP contribution in [0.1, 0.15) is 6.92 Å². The zero-order chi connectivity index (χ0) is 12.3. The van der Waals surface area contributed by atoms with Crippen molar-refractivity contribution in [3.05, 3.63) is 35.6 Å². The van der Waals surface area contributed by atoms with Gasteiger partial charge in [-0.05, 0) is 31.2 Å². The summed E-state index contributed by atoms with van der Waals surface area (Å²) in [5.74, 6) is 1.48. The molecule has 90 valence electrons. The van der Waals surface area contributed by atoms with Crippen LogP contribution in [0.4, 0.5) is 0 Å². The molecule has 0 saturated carbocycles. The third-order valence-corrected chi connectivity index (χ3v) is 2.66. The molecule has 0 atom stereocenters. The Morgan fingerprint density at radius 1 is 1.24 bits per heavy atom. The van der Waals surface area contributed by atoms with E-state index in [-0.39, 0.29) is 0 Å². The number of hydrogen-bond donors (Lipinski definition) is 0. The highest BCUT2D eigenvalue weighted by atomic mass is 35.5. The summed E-state index contributed by atoms with van der Waals surface area (Å²) in [7, 11) is 1.62. The van der Waals surface area contributed by atoms with Crippen LogP contribution in [0.15, 0.2) is 30.5 Å². The van der Waals surface area contributed by atoms with Gasteiger partial charge in [0.1, 0.15) is 16.7 Å². The fourth-order valence-corrected chi connectivity index (χ4v) is 1.70. The number of hydrogen-bond acceptors (Lipinski definition) is 3. The summed E-state index contributed by atoms with van der Waals surface area (Å²) in [4.78, 5) is 4.10. The number of nitrogens with zero attached hydrogens (tertiary/aromatic N) is 2. The molecule has 1 aromatic carbocycles. The van der Waals surface area contributed by atoms with Crippen molar-refractivity contribution >= 4 is 11.6 Å². The standard InChI is InChI=1S/C12H13ClN2O2/c1-3-15-11(13)8-14-12(15)17-10-6-4-9(16-2)5-7-10/h4-8H,3H2,1-2H3. The van der Waals surface area contributed by atoms with Gasteiger partial charge in [0.05, 0.1) is 13.3 Å². The highest BCUT2D eigenvalue weighted by Crippen LogP contribution is 2.25. The topological polar surface area (TPSA) is 36.3 Å². The molecule has 2 aromatic rings. The summed E-state index contributed by atoms with van der Waals surface area (Å²) < 4.78 is 12.5. The fraction of sp³-hybridized carbons (Fsp3) is 0.250. The first-order valence-electron chi connectivity index (χ1n) is 5.27. The summed E-state index contributed by atoms with van der Waals surface area (Å²) in [6.07, 6.45) is 1.57. The van der Waals surface area contributed by atoms with Crippen LogP contribution in [0.5, 0.6) is 17.5 Å². The van der Waals surface area contributed by atoms with Crippen molar-refractivity contribution in [3.63, 3.8) is 0 Å². The Morgan fingerprint density at radius 3 is 2.47 bits per heavy atom. The molecule has 0 spiro atoms. The number of aromatic nitrogens is 2. The third kappa shape index (κ3) is 2.53. The van der Waals surface area contributed by atoms with Gasteiger partial charge in [0.15, 0.2) is 0 Å². The number of rotatable bonds is 4. The Balaban J connectivity index is 2.19. The van der Waals surface area contributed by atoms with Gasteiger partial charge in [-0.3, -0.25) is 4.57 Å². The molecule has 1 heterocycles. The second-order valence-electron chi connectivity index (χ2n) is 3.39. The minimum atomic E-state index is 0.489. The van der Waals surface area contributed by atoms with Crippen molar-refractivity contribution in [2.45, 2.75) is 13.5 Å². The second-order valence-corrected chi connectivity index (χ2v) is 3.77. The molecule has 2 rings (SSSR count). The molecule has 0 N–H and O–H groups in total. The van der Waals surface area contributed by atoms with Gasteiger partial charge in [0.2, 0.25) is 0 Å². The molecule has 4 nitrogen and oxygen atoms in total. The molecular formula is C12H13ClN2O2. The SMILES string of the molecule is CCn1c(Cl)cnc1Oc1ccc(OC)cc1. The van der Waals surface area contributed by atoms with E-state index in [9.17, 15) is 0 Å². The van der Waals surface area contributed by atoms with Crippen LogP contribution in [-0.4, -0.2) is 16.7 Å².